The van der Waals surface area contributed by atoms with E-state index in [1.807, 2.05) is 18.7 Å². The average Bonchev–Trinajstić information content (AvgIpc) is 2.29. The Balaban J connectivity index is 0.00000256. The van der Waals surface area contributed by atoms with E-state index < -0.39 is 0 Å². The van der Waals surface area contributed by atoms with E-state index >= 15 is 0 Å². The second-order valence-electron chi connectivity index (χ2n) is 4.65. The third-order valence-electron chi connectivity index (χ3n) is 3.13. The monoisotopic (exact) mass is 264 g/mol. The molecular weight excluding hydrogens is 240 g/mol. The zero-order valence-electron chi connectivity index (χ0n) is 10.9. The highest BCUT2D eigenvalue weighted by Gasteiger charge is 2.25. The van der Waals surface area contributed by atoms with Gasteiger partial charge in [0.05, 0.1) is 0 Å². The van der Waals surface area contributed by atoms with Crippen LogP contribution >= 0.6 is 12.4 Å². The first-order valence-electron chi connectivity index (χ1n) is 6.26. The van der Waals surface area contributed by atoms with Crippen molar-refractivity contribution in [2.45, 2.75) is 39.2 Å². The summed E-state index contributed by atoms with van der Waals surface area (Å²) in [6, 6.07) is 0.173. The molecule has 1 amide bonds. The lowest BCUT2D eigenvalue weighted by atomic mass is 9.92. The highest BCUT2D eigenvalue weighted by atomic mass is 35.5. The number of likely N-dealkylation sites (tertiary alicyclic amines) is 1. The van der Waals surface area contributed by atoms with E-state index in [4.69, 9.17) is 10.5 Å². The van der Waals surface area contributed by atoms with Crippen LogP contribution in [0.4, 0.5) is 0 Å². The van der Waals surface area contributed by atoms with Crippen LogP contribution < -0.4 is 5.73 Å². The number of hydrogen-bond acceptors (Lipinski definition) is 3. The number of ether oxygens (including phenoxy) is 1. The standard InChI is InChI=1S/C12H24N2O2.ClH/c1-3-7-16-9-12(15)14-6-4-5-11(8-14)10(2)13;/h10-11H,3-9,13H2,1-2H3;1H. The van der Waals surface area contributed by atoms with Gasteiger partial charge in [-0.2, -0.15) is 0 Å². The van der Waals surface area contributed by atoms with Crippen LogP contribution in [-0.2, 0) is 9.53 Å². The van der Waals surface area contributed by atoms with Gasteiger partial charge in [0.15, 0.2) is 0 Å². The zero-order valence-corrected chi connectivity index (χ0v) is 11.7. The zero-order chi connectivity index (χ0) is 12.0. The lowest BCUT2D eigenvalue weighted by Gasteiger charge is -2.34. The number of nitrogens with two attached hydrogens (primary N) is 1. The van der Waals surface area contributed by atoms with Gasteiger partial charge < -0.3 is 15.4 Å². The maximum atomic E-state index is 11.8. The van der Waals surface area contributed by atoms with Gasteiger partial charge in [-0.3, -0.25) is 4.79 Å². The van der Waals surface area contributed by atoms with Gasteiger partial charge in [-0.1, -0.05) is 6.92 Å². The van der Waals surface area contributed by atoms with Crippen molar-refractivity contribution in [1.82, 2.24) is 4.90 Å². The Kier molecular flexibility index (Phi) is 8.56. The summed E-state index contributed by atoms with van der Waals surface area (Å²) in [5.41, 5.74) is 5.88. The highest BCUT2D eigenvalue weighted by Crippen LogP contribution is 2.18. The second-order valence-corrected chi connectivity index (χ2v) is 4.65. The van der Waals surface area contributed by atoms with Crippen LogP contribution in [0.25, 0.3) is 0 Å². The lowest BCUT2D eigenvalue weighted by Crippen LogP contribution is -2.46. The molecule has 0 radical (unpaired) electrons. The maximum Gasteiger partial charge on any atom is 0.248 e. The molecule has 0 aromatic heterocycles. The van der Waals surface area contributed by atoms with Crippen molar-refractivity contribution < 1.29 is 9.53 Å². The van der Waals surface area contributed by atoms with Crippen LogP contribution in [-0.4, -0.2) is 43.2 Å². The number of hydrogen-bond donors (Lipinski definition) is 1. The Bertz CT molecular complexity index is 225. The van der Waals surface area contributed by atoms with Crippen molar-refractivity contribution in [2.24, 2.45) is 11.7 Å². The number of carbonyl (C=O) groups is 1. The molecule has 2 N–H and O–H groups in total. The number of amides is 1. The molecule has 1 fully saturated rings. The van der Waals surface area contributed by atoms with Gasteiger partial charge in [-0.25, -0.2) is 0 Å². The summed E-state index contributed by atoms with van der Waals surface area (Å²) in [5.74, 6) is 0.558. The molecule has 0 bridgehead atoms. The summed E-state index contributed by atoms with van der Waals surface area (Å²) in [5, 5.41) is 0. The molecule has 17 heavy (non-hydrogen) atoms. The van der Waals surface area contributed by atoms with Crippen molar-refractivity contribution in [3.05, 3.63) is 0 Å². The highest BCUT2D eigenvalue weighted by molar-refractivity contribution is 5.85. The summed E-state index contributed by atoms with van der Waals surface area (Å²) in [6.45, 7) is 6.60. The Hall–Kier alpha value is -0.320. The molecule has 2 atom stereocenters. The molecule has 1 saturated heterocycles. The molecule has 1 aliphatic heterocycles. The van der Waals surface area contributed by atoms with E-state index in [0.29, 0.717) is 12.5 Å². The van der Waals surface area contributed by atoms with E-state index in [1.165, 1.54) is 0 Å². The van der Waals surface area contributed by atoms with Gasteiger partial charge in [0.1, 0.15) is 6.61 Å². The number of carbonyl (C=O) groups excluding carboxylic acids is 1. The van der Waals surface area contributed by atoms with E-state index in [2.05, 4.69) is 0 Å². The average molecular weight is 265 g/mol. The number of halogens is 1. The third-order valence-corrected chi connectivity index (χ3v) is 3.13. The van der Waals surface area contributed by atoms with Gasteiger partial charge in [-0.15, -0.1) is 12.4 Å². The number of piperidine rings is 1. The van der Waals surface area contributed by atoms with Crippen molar-refractivity contribution in [3.63, 3.8) is 0 Å². The molecule has 0 aromatic carbocycles. The molecule has 0 spiro atoms. The molecular formula is C12H25ClN2O2. The van der Waals surface area contributed by atoms with Crippen LogP contribution in [0.1, 0.15) is 33.1 Å². The molecule has 1 aliphatic rings. The molecule has 0 aromatic rings. The Morgan fingerprint density at radius 1 is 1.59 bits per heavy atom. The number of rotatable bonds is 5. The molecule has 102 valence electrons. The van der Waals surface area contributed by atoms with Crippen molar-refractivity contribution >= 4 is 18.3 Å². The summed E-state index contributed by atoms with van der Waals surface area (Å²) in [6.07, 6.45) is 3.15. The minimum absolute atomic E-state index is 0. The predicted octanol–water partition coefficient (Wildman–Crippen LogP) is 1.42. The van der Waals surface area contributed by atoms with Crippen molar-refractivity contribution in [1.29, 1.82) is 0 Å². The minimum atomic E-state index is 0. The van der Waals surface area contributed by atoms with Gasteiger partial charge >= 0.3 is 0 Å². The van der Waals surface area contributed by atoms with Crippen LogP contribution in [0.5, 0.6) is 0 Å². The van der Waals surface area contributed by atoms with Crippen LogP contribution in [0, 0.1) is 5.92 Å². The van der Waals surface area contributed by atoms with Crippen LogP contribution in [0.15, 0.2) is 0 Å². The normalized spacial score (nSPS) is 21.8. The van der Waals surface area contributed by atoms with E-state index in [1.54, 1.807) is 0 Å². The number of nitrogens with zero attached hydrogens (tertiary/aromatic N) is 1. The molecule has 1 heterocycles. The SMILES string of the molecule is CCCOCC(=O)N1CCCC(C(C)N)C1.Cl. The lowest BCUT2D eigenvalue weighted by molar-refractivity contribution is -0.138. The largest absolute Gasteiger partial charge is 0.372 e. The van der Waals surface area contributed by atoms with Crippen molar-refractivity contribution in [3.8, 4) is 0 Å². The third kappa shape index (κ3) is 5.70. The smallest absolute Gasteiger partial charge is 0.248 e. The molecule has 5 heteroatoms. The molecule has 4 nitrogen and oxygen atoms in total. The van der Waals surface area contributed by atoms with Crippen molar-refractivity contribution in [2.75, 3.05) is 26.3 Å². The minimum Gasteiger partial charge on any atom is -0.372 e. The molecule has 0 saturated carbocycles. The Labute approximate surface area is 110 Å². The summed E-state index contributed by atoms with van der Waals surface area (Å²) in [7, 11) is 0. The molecule has 1 rings (SSSR count). The quantitative estimate of drug-likeness (QED) is 0.764. The van der Waals surface area contributed by atoms with Gasteiger partial charge in [0, 0.05) is 25.7 Å². The van der Waals surface area contributed by atoms with Gasteiger partial charge in [-0.05, 0) is 32.1 Å². The Morgan fingerprint density at radius 2 is 2.29 bits per heavy atom. The fourth-order valence-corrected chi connectivity index (χ4v) is 2.06. The first-order valence-corrected chi connectivity index (χ1v) is 6.26. The predicted molar refractivity (Wildman–Crippen MR) is 71.3 cm³/mol. The second kappa shape index (κ2) is 8.72. The topological polar surface area (TPSA) is 55.6 Å². The Morgan fingerprint density at radius 3 is 2.88 bits per heavy atom. The summed E-state index contributed by atoms with van der Waals surface area (Å²) >= 11 is 0. The first kappa shape index (κ1) is 16.7. The van der Waals surface area contributed by atoms with E-state index in [9.17, 15) is 4.79 Å². The first-order chi connectivity index (χ1) is 7.65. The van der Waals surface area contributed by atoms with Crippen LogP contribution in [0.2, 0.25) is 0 Å². The van der Waals surface area contributed by atoms with E-state index in [-0.39, 0.29) is 31.0 Å². The van der Waals surface area contributed by atoms with Gasteiger partial charge in [0.25, 0.3) is 0 Å². The fourth-order valence-electron chi connectivity index (χ4n) is 2.06. The van der Waals surface area contributed by atoms with Gasteiger partial charge in [0.2, 0.25) is 5.91 Å². The molecule has 0 aliphatic carbocycles. The summed E-state index contributed by atoms with van der Waals surface area (Å²) in [4.78, 5) is 13.7. The summed E-state index contributed by atoms with van der Waals surface area (Å²) < 4.78 is 5.27. The van der Waals surface area contributed by atoms with E-state index in [0.717, 1.165) is 32.4 Å². The fraction of sp³-hybridized carbons (Fsp3) is 0.917. The van der Waals surface area contributed by atoms with Crippen LogP contribution in [0.3, 0.4) is 0 Å². The maximum absolute atomic E-state index is 11.8. The molecule has 2 unspecified atom stereocenters.